The van der Waals surface area contributed by atoms with E-state index in [1.165, 1.54) is 30.4 Å². The first kappa shape index (κ1) is 25.4. The molecule has 188 valence electrons. The maximum absolute atomic E-state index is 13.1. The number of aromatic nitrogens is 1. The van der Waals surface area contributed by atoms with Crippen molar-refractivity contribution in [2.45, 2.75) is 70.0 Å². The highest BCUT2D eigenvalue weighted by Gasteiger charge is 2.31. The Morgan fingerprint density at radius 1 is 1.14 bits per heavy atom. The van der Waals surface area contributed by atoms with Gasteiger partial charge in [-0.3, -0.25) is 14.4 Å². The number of hydrogen-bond acceptors (Lipinski definition) is 6. The van der Waals surface area contributed by atoms with E-state index in [0.717, 1.165) is 30.6 Å². The number of carbonyl (C=O) groups is 3. The van der Waals surface area contributed by atoms with Crippen molar-refractivity contribution in [1.29, 1.82) is 0 Å². The molecule has 0 radical (unpaired) electrons. The van der Waals surface area contributed by atoms with E-state index in [1.807, 2.05) is 13.0 Å². The van der Waals surface area contributed by atoms with Gasteiger partial charge in [0.05, 0.1) is 21.6 Å². The van der Waals surface area contributed by atoms with E-state index in [2.05, 4.69) is 26.3 Å². The molecule has 2 heterocycles. The molecule has 0 bridgehead atoms. The van der Waals surface area contributed by atoms with Crippen LogP contribution in [0.25, 0.3) is 0 Å². The molecule has 2 fully saturated rings. The third kappa shape index (κ3) is 6.73. The van der Waals surface area contributed by atoms with Crippen LogP contribution in [0.1, 0.15) is 82.9 Å². The SMILES string of the molecule is CNC(=O)c1ncc(Cl)cc1NC(C)c1ccc(C(=O)NC(CC2CCCC2)C(=O)NC2CC2)s1. The van der Waals surface area contributed by atoms with Gasteiger partial charge in [-0.05, 0) is 50.3 Å². The highest BCUT2D eigenvalue weighted by molar-refractivity contribution is 7.14. The van der Waals surface area contributed by atoms with Gasteiger partial charge < -0.3 is 21.3 Å². The molecule has 2 aliphatic carbocycles. The summed E-state index contributed by atoms with van der Waals surface area (Å²) in [5.74, 6) is -0.151. The van der Waals surface area contributed by atoms with Crippen LogP contribution in [-0.4, -0.2) is 41.8 Å². The molecule has 2 aromatic heterocycles. The van der Waals surface area contributed by atoms with Crippen LogP contribution in [0.3, 0.4) is 0 Å². The molecular weight excluding hydrogens is 486 g/mol. The first-order chi connectivity index (χ1) is 16.8. The Kier molecular flexibility index (Phi) is 8.28. The van der Waals surface area contributed by atoms with Gasteiger partial charge in [-0.25, -0.2) is 4.98 Å². The summed E-state index contributed by atoms with van der Waals surface area (Å²) in [5, 5.41) is 12.3. The number of nitrogens with one attached hydrogen (secondary N) is 4. The molecule has 3 amide bonds. The van der Waals surface area contributed by atoms with Crippen LogP contribution in [0.15, 0.2) is 24.4 Å². The number of anilines is 1. The van der Waals surface area contributed by atoms with Crippen molar-refractivity contribution in [2.24, 2.45) is 5.92 Å². The molecule has 0 aromatic carbocycles. The molecule has 0 spiro atoms. The number of amides is 3. The van der Waals surface area contributed by atoms with Gasteiger partial charge in [0.1, 0.15) is 6.04 Å². The highest BCUT2D eigenvalue weighted by atomic mass is 35.5. The van der Waals surface area contributed by atoms with E-state index in [0.29, 0.717) is 27.9 Å². The summed E-state index contributed by atoms with van der Waals surface area (Å²) >= 11 is 7.45. The zero-order chi connectivity index (χ0) is 24.9. The lowest BCUT2D eigenvalue weighted by atomic mass is 9.97. The highest BCUT2D eigenvalue weighted by Crippen LogP contribution is 2.31. The average Bonchev–Trinajstić information content (AvgIpc) is 3.28. The predicted octanol–water partition coefficient (Wildman–Crippen LogP) is 4.29. The smallest absolute Gasteiger partial charge is 0.271 e. The average molecular weight is 518 g/mol. The summed E-state index contributed by atoms with van der Waals surface area (Å²) in [6.07, 6.45) is 8.76. The topological polar surface area (TPSA) is 112 Å². The van der Waals surface area contributed by atoms with Crippen LogP contribution in [0.2, 0.25) is 5.02 Å². The second-order valence-electron chi connectivity index (χ2n) is 9.39. The van der Waals surface area contributed by atoms with Crippen molar-refractivity contribution in [2.75, 3.05) is 12.4 Å². The van der Waals surface area contributed by atoms with E-state index < -0.39 is 6.04 Å². The Labute approximate surface area is 214 Å². The van der Waals surface area contributed by atoms with Gasteiger partial charge in [0.15, 0.2) is 5.69 Å². The maximum atomic E-state index is 13.1. The van der Waals surface area contributed by atoms with Crippen LogP contribution < -0.4 is 21.3 Å². The van der Waals surface area contributed by atoms with Crippen molar-refractivity contribution < 1.29 is 14.4 Å². The summed E-state index contributed by atoms with van der Waals surface area (Å²) in [5.41, 5.74) is 0.756. The van der Waals surface area contributed by atoms with Crippen LogP contribution in [0, 0.1) is 5.92 Å². The van der Waals surface area contributed by atoms with E-state index >= 15 is 0 Å². The van der Waals surface area contributed by atoms with Gasteiger partial charge in [0.25, 0.3) is 11.8 Å². The van der Waals surface area contributed by atoms with Crippen molar-refractivity contribution in [1.82, 2.24) is 20.9 Å². The van der Waals surface area contributed by atoms with Crippen LogP contribution in [-0.2, 0) is 4.79 Å². The van der Waals surface area contributed by atoms with Crippen molar-refractivity contribution in [3.05, 3.63) is 44.9 Å². The van der Waals surface area contributed by atoms with Gasteiger partial charge in [0, 0.05) is 24.2 Å². The second-order valence-corrected chi connectivity index (χ2v) is 10.9. The number of halogens is 1. The van der Waals surface area contributed by atoms with Gasteiger partial charge >= 0.3 is 0 Å². The molecular formula is C25H32ClN5O3S. The molecule has 8 nitrogen and oxygen atoms in total. The summed E-state index contributed by atoms with van der Waals surface area (Å²) < 4.78 is 0. The molecule has 2 unspecified atom stereocenters. The Bertz CT molecular complexity index is 1080. The lowest BCUT2D eigenvalue weighted by Crippen LogP contribution is -2.48. The molecule has 35 heavy (non-hydrogen) atoms. The van der Waals surface area contributed by atoms with Gasteiger partial charge in [0.2, 0.25) is 5.91 Å². The minimum atomic E-state index is -0.514. The molecule has 0 saturated heterocycles. The quantitative estimate of drug-likeness (QED) is 0.375. The molecule has 4 rings (SSSR count). The van der Waals surface area contributed by atoms with E-state index in [9.17, 15) is 14.4 Å². The standard InChI is InChI=1S/C25H32ClN5O3S/c1-14(29-18-12-16(26)13-28-22(18)25(34)27-2)20-9-10-21(35-20)24(33)31-19(11-15-5-3-4-6-15)23(32)30-17-7-8-17/h9-10,12-15,17,19,29H,3-8,11H2,1-2H3,(H,27,34)(H,30,32)(H,31,33). The zero-order valence-corrected chi connectivity index (χ0v) is 21.6. The van der Waals surface area contributed by atoms with Gasteiger partial charge in [-0.15, -0.1) is 11.3 Å². The lowest BCUT2D eigenvalue weighted by Gasteiger charge is -2.21. The van der Waals surface area contributed by atoms with Crippen LogP contribution >= 0.6 is 22.9 Å². The third-order valence-electron chi connectivity index (χ3n) is 6.54. The fourth-order valence-corrected chi connectivity index (χ4v) is 5.50. The van der Waals surface area contributed by atoms with Crippen LogP contribution in [0.5, 0.6) is 0 Å². The molecule has 4 N–H and O–H groups in total. The largest absolute Gasteiger partial charge is 0.376 e. The summed E-state index contributed by atoms with van der Waals surface area (Å²) in [6, 6.07) is 4.85. The van der Waals surface area contributed by atoms with Crippen molar-refractivity contribution in [3.63, 3.8) is 0 Å². The van der Waals surface area contributed by atoms with Crippen LogP contribution in [0.4, 0.5) is 5.69 Å². The fourth-order valence-electron chi connectivity index (χ4n) is 4.43. The molecule has 10 heteroatoms. The molecule has 2 saturated carbocycles. The minimum Gasteiger partial charge on any atom is -0.376 e. The summed E-state index contributed by atoms with van der Waals surface area (Å²) in [6.45, 7) is 1.94. The Morgan fingerprint density at radius 2 is 1.89 bits per heavy atom. The molecule has 2 atom stereocenters. The van der Waals surface area contributed by atoms with Crippen molar-refractivity contribution >= 4 is 46.3 Å². The number of hydrogen-bond donors (Lipinski definition) is 4. The first-order valence-corrected chi connectivity index (χ1v) is 13.4. The fraction of sp³-hybridized carbons (Fsp3) is 0.520. The monoisotopic (exact) mass is 517 g/mol. The Morgan fingerprint density at radius 3 is 2.57 bits per heavy atom. The van der Waals surface area contributed by atoms with Gasteiger partial charge in [-0.2, -0.15) is 0 Å². The van der Waals surface area contributed by atoms with E-state index in [1.54, 1.807) is 19.2 Å². The molecule has 2 aliphatic rings. The Hall–Kier alpha value is -2.65. The number of pyridine rings is 1. The second kappa shape index (κ2) is 11.4. The molecule has 2 aromatic rings. The van der Waals surface area contributed by atoms with E-state index in [4.69, 9.17) is 11.6 Å². The number of rotatable bonds is 10. The Balaban J connectivity index is 1.42. The summed E-state index contributed by atoms with van der Waals surface area (Å²) in [7, 11) is 1.54. The number of carbonyl (C=O) groups excluding carboxylic acids is 3. The normalized spacial score (nSPS) is 17.5. The summed E-state index contributed by atoms with van der Waals surface area (Å²) in [4.78, 5) is 43.7. The minimum absolute atomic E-state index is 0.0743. The number of thiophene rings is 1. The predicted molar refractivity (Wildman–Crippen MR) is 138 cm³/mol. The van der Waals surface area contributed by atoms with Gasteiger partial charge in [-0.1, -0.05) is 37.3 Å². The molecule has 0 aliphatic heterocycles. The maximum Gasteiger partial charge on any atom is 0.271 e. The van der Waals surface area contributed by atoms with E-state index in [-0.39, 0.29) is 35.5 Å². The third-order valence-corrected chi connectivity index (χ3v) is 8.01. The lowest BCUT2D eigenvalue weighted by molar-refractivity contribution is -0.123. The first-order valence-electron chi connectivity index (χ1n) is 12.2. The number of nitrogens with zero attached hydrogens (tertiary/aromatic N) is 1. The zero-order valence-electron chi connectivity index (χ0n) is 20.0. The van der Waals surface area contributed by atoms with Crippen molar-refractivity contribution in [3.8, 4) is 0 Å².